The number of phenolic OH excluding ortho intramolecular Hbond substituents is 4. The minimum Gasteiger partial charge on any atom is -0.508 e. The monoisotopic (exact) mass is 682 g/mol. The topological polar surface area (TPSA) is 133 Å². The molecule has 8 nitrogen and oxygen atoms in total. The molecule has 52 heavy (non-hydrogen) atoms. The van der Waals surface area contributed by atoms with Crippen molar-refractivity contribution in [3.05, 3.63) is 178 Å². The quantitative estimate of drug-likeness (QED) is 0.134. The maximum Gasteiger partial charge on any atom is 0.115 e. The summed E-state index contributed by atoms with van der Waals surface area (Å²) in [5.41, 5.74) is 10.7. The summed E-state index contributed by atoms with van der Waals surface area (Å²) >= 11 is 0. The van der Waals surface area contributed by atoms with Crippen molar-refractivity contribution in [2.75, 3.05) is 0 Å². The number of nitrogens with one attached hydrogen (secondary N) is 2. The number of rotatable bonds is 4. The van der Waals surface area contributed by atoms with Crippen LogP contribution in [-0.4, -0.2) is 48.9 Å². The number of H-pyrrole nitrogens is 1. The molecule has 5 heterocycles. The molecule has 254 valence electrons. The van der Waals surface area contributed by atoms with E-state index in [-0.39, 0.29) is 35.1 Å². The number of fused-ring (bicyclic) bond motifs is 6. The largest absolute Gasteiger partial charge is 0.508 e. The van der Waals surface area contributed by atoms with Crippen molar-refractivity contribution in [1.82, 2.24) is 10.3 Å². The van der Waals surface area contributed by atoms with Crippen LogP contribution in [0.3, 0.4) is 0 Å². The van der Waals surface area contributed by atoms with Crippen molar-refractivity contribution in [2.45, 2.75) is 24.9 Å². The molecule has 0 aliphatic carbocycles. The molecule has 2 atom stereocenters. The molecule has 0 radical (unpaired) electrons. The molecule has 2 unspecified atom stereocenters. The fourth-order valence-corrected chi connectivity index (χ4v) is 7.66. The van der Waals surface area contributed by atoms with Crippen LogP contribution in [-0.2, 0) is 0 Å². The Hall–Kier alpha value is -6.64. The number of aromatic hydroxyl groups is 4. The molecule has 1 aromatic heterocycles. The van der Waals surface area contributed by atoms with Crippen molar-refractivity contribution in [3.63, 3.8) is 0 Å². The maximum atomic E-state index is 10.2. The molecule has 4 aromatic carbocycles. The lowest BCUT2D eigenvalue weighted by Crippen LogP contribution is -2.32. The predicted molar refractivity (Wildman–Crippen MR) is 204 cm³/mol. The van der Waals surface area contributed by atoms with E-state index in [0.29, 0.717) is 0 Å². The van der Waals surface area contributed by atoms with Gasteiger partial charge in [-0.1, -0.05) is 48.5 Å². The van der Waals surface area contributed by atoms with Gasteiger partial charge < -0.3 is 30.7 Å². The SMILES string of the molecule is Oc1ccc(C2=C3C=CC(=N3)C(c3ccc(O)cc3)=c3ccc([nH]3)=C(c3ccc(O)cc3)C3=NC(=C(c4ccc(O)cc4)C4CCC2N4)C=C3)cc1. The molecule has 8 heteroatoms. The first-order valence-corrected chi connectivity index (χ1v) is 17.3. The van der Waals surface area contributed by atoms with Gasteiger partial charge in [-0.3, -0.25) is 0 Å². The molecule has 0 spiro atoms. The van der Waals surface area contributed by atoms with E-state index in [4.69, 9.17) is 9.98 Å². The van der Waals surface area contributed by atoms with Gasteiger partial charge in [-0.2, -0.15) is 0 Å². The molecule has 4 aliphatic heterocycles. The van der Waals surface area contributed by atoms with E-state index in [1.165, 1.54) is 0 Å². The summed E-state index contributed by atoms with van der Waals surface area (Å²) in [5, 5.41) is 46.4. The van der Waals surface area contributed by atoms with E-state index in [1.807, 2.05) is 72.8 Å². The summed E-state index contributed by atoms with van der Waals surface area (Å²) in [6.45, 7) is 0. The van der Waals surface area contributed by atoms with E-state index in [0.717, 1.165) is 90.9 Å². The third-order valence-corrected chi connectivity index (χ3v) is 10.1. The second kappa shape index (κ2) is 12.6. The predicted octanol–water partition coefficient (Wildman–Crippen LogP) is 6.21. The molecule has 4 aliphatic rings. The van der Waals surface area contributed by atoms with Gasteiger partial charge in [0.25, 0.3) is 0 Å². The van der Waals surface area contributed by atoms with Crippen molar-refractivity contribution >= 4 is 33.7 Å². The number of aliphatic imine (C=N–C) groups is 2. The van der Waals surface area contributed by atoms with Crippen LogP contribution in [0.4, 0.5) is 0 Å². The Morgan fingerprint density at radius 3 is 1.13 bits per heavy atom. The van der Waals surface area contributed by atoms with Crippen LogP contribution in [0.1, 0.15) is 35.1 Å². The van der Waals surface area contributed by atoms with Crippen LogP contribution < -0.4 is 16.0 Å². The smallest absolute Gasteiger partial charge is 0.115 e. The average Bonchev–Trinajstić information content (AvgIpc) is 3.99. The van der Waals surface area contributed by atoms with Crippen molar-refractivity contribution in [2.24, 2.45) is 9.98 Å². The lowest BCUT2D eigenvalue weighted by Gasteiger charge is -2.22. The fraction of sp³-hybridized carbons (Fsp3) is 0.0909. The van der Waals surface area contributed by atoms with Crippen LogP contribution in [0.25, 0.3) is 22.3 Å². The third-order valence-electron chi connectivity index (χ3n) is 10.1. The van der Waals surface area contributed by atoms with Gasteiger partial charge in [0.15, 0.2) is 0 Å². The van der Waals surface area contributed by atoms with Gasteiger partial charge in [-0.05, 0) is 120 Å². The molecule has 0 amide bonds. The summed E-state index contributed by atoms with van der Waals surface area (Å²) in [6, 6.07) is 32.8. The first-order chi connectivity index (χ1) is 25.4. The molecular weight excluding hydrogens is 649 g/mol. The Bertz CT molecular complexity index is 2370. The van der Waals surface area contributed by atoms with Gasteiger partial charge in [-0.25, -0.2) is 9.98 Å². The number of hydrogen-bond donors (Lipinski definition) is 6. The number of benzene rings is 4. The van der Waals surface area contributed by atoms with Crippen LogP contribution in [0.15, 0.2) is 155 Å². The van der Waals surface area contributed by atoms with Gasteiger partial charge in [0.1, 0.15) is 23.0 Å². The standard InChI is InChI=1S/C44H34N4O4/c49-29-9-1-25(2-10-29)41-33-17-19-35(45-33)42(26-3-11-30(50)12-4-26)37-21-23-39(47-37)44(28-7-15-32(52)16-8-28)40-24-22-38(48-40)43(36-20-18-34(41)46-36)27-5-13-31(51)14-6-27/h1-21,23,38,40,45,48-52H,22,24H2. The molecule has 8 bridgehead atoms. The summed E-state index contributed by atoms with van der Waals surface area (Å²) in [6.07, 6.45) is 9.84. The van der Waals surface area contributed by atoms with E-state index in [1.54, 1.807) is 48.5 Å². The Morgan fingerprint density at radius 1 is 0.423 bits per heavy atom. The average molecular weight is 683 g/mol. The number of allylic oxidation sites excluding steroid dienone is 4. The summed E-state index contributed by atoms with van der Waals surface area (Å²) in [4.78, 5) is 14.3. The zero-order chi connectivity index (χ0) is 35.3. The molecular formula is C44H34N4O4. The third kappa shape index (κ3) is 5.65. The van der Waals surface area contributed by atoms with E-state index < -0.39 is 0 Å². The number of aromatic nitrogens is 1. The lowest BCUT2D eigenvalue weighted by molar-refractivity contribution is 0.474. The highest BCUT2D eigenvalue weighted by Gasteiger charge is 2.34. The summed E-state index contributed by atoms with van der Waals surface area (Å²) < 4.78 is 0. The van der Waals surface area contributed by atoms with Gasteiger partial charge in [0.05, 0.1) is 22.8 Å². The first kappa shape index (κ1) is 31.3. The van der Waals surface area contributed by atoms with Gasteiger partial charge in [0, 0.05) is 45.1 Å². The zero-order valence-corrected chi connectivity index (χ0v) is 28.0. The fourth-order valence-electron chi connectivity index (χ4n) is 7.66. The zero-order valence-electron chi connectivity index (χ0n) is 28.0. The number of nitrogens with zero attached hydrogens (tertiary/aromatic N) is 2. The molecule has 1 fully saturated rings. The minimum atomic E-state index is -0.0694. The minimum absolute atomic E-state index is 0.0694. The van der Waals surface area contributed by atoms with Gasteiger partial charge in [0.2, 0.25) is 0 Å². The number of phenols is 4. The highest BCUT2D eigenvalue weighted by Crippen LogP contribution is 2.39. The van der Waals surface area contributed by atoms with Crippen molar-refractivity contribution in [3.8, 4) is 23.0 Å². The molecule has 0 saturated carbocycles. The Morgan fingerprint density at radius 2 is 0.769 bits per heavy atom. The second-order valence-corrected chi connectivity index (χ2v) is 13.3. The van der Waals surface area contributed by atoms with Crippen LogP contribution >= 0.6 is 0 Å². The highest BCUT2D eigenvalue weighted by molar-refractivity contribution is 6.31. The molecule has 5 aromatic rings. The number of aromatic amines is 1. The Labute approximate surface area is 299 Å². The van der Waals surface area contributed by atoms with E-state index in [2.05, 4.69) is 22.5 Å². The summed E-state index contributed by atoms with van der Waals surface area (Å²) in [7, 11) is 0. The second-order valence-electron chi connectivity index (χ2n) is 13.3. The van der Waals surface area contributed by atoms with Gasteiger partial charge >= 0.3 is 0 Å². The van der Waals surface area contributed by atoms with Crippen molar-refractivity contribution < 1.29 is 20.4 Å². The van der Waals surface area contributed by atoms with Crippen LogP contribution in [0, 0.1) is 0 Å². The van der Waals surface area contributed by atoms with Gasteiger partial charge in [-0.15, -0.1) is 0 Å². The highest BCUT2D eigenvalue weighted by atomic mass is 16.3. The van der Waals surface area contributed by atoms with E-state index >= 15 is 0 Å². The molecule has 6 N–H and O–H groups in total. The maximum absolute atomic E-state index is 10.2. The first-order valence-electron chi connectivity index (χ1n) is 17.3. The summed E-state index contributed by atoms with van der Waals surface area (Å²) in [5.74, 6) is 0.743. The number of hydrogen-bond acceptors (Lipinski definition) is 7. The molecule has 1 saturated heterocycles. The van der Waals surface area contributed by atoms with E-state index in [9.17, 15) is 20.4 Å². The Balaban J connectivity index is 1.37. The lowest BCUT2D eigenvalue weighted by atomic mass is 9.94. The van der Waals surface area contributed by atoms with Crippen LogP contribution in [0.2, 0.25) is 0 Å². The Kier molecular flexibility index (Phi) is 7.60. The van der Waals surface area contributed by atoms with Crippen LogP contribution in [0.5, 0.6) is 23.0 Å². The molecule has 9 rings (SSSR count). The normalized spacial score (nSPS) is 19.5. The van der Waals surface area contributed by atoms with Crippen molar-refractivity contribution in [1.29, 1.82) is 0 Å².